The topological polar surface area (TPSA) is 0 Å². The molecule has 1 aliphatic carbocycles. The van der Waals surface area contributed by atoms with Gasteiger partial charge in [0.25, 0.3) is 0 Å². The zero-order valence-corrected chi connectivity index (χ0v) is 10.4. The zero-order chi connectivity index (χ0) is 17.6. The van der Waals surface area contributed by atoms with Gasteiger partial charge in [-0.1, -0.05) is 33.1 Å². The van der Waals surface area contributed by atoms with Crippen molar-refractivity contribution in [1.82, 2.24) is 0 Å². The molecule has 0 N–H and O–H groups in total. The van der Waals surface area contributed by atoms with Gasteiger partial charge in [-0.25, -0.2) is 0 Å². The van der Waals surface area contributed by atoms with Crippen molar-refractivity contribution in [1.29, 1.82) is 0 Å². The predicted molar refractivity (Wildman–Crippen MR) is 62.9 cm³/mol. The molecular formula is C5H13B3F12K-3. The summed E-state index contributed by atoms with van der Waals surface area (Å²) in [5.74, 6) is 0. The molecule has 1 aliphatic rings. The quantitative estimate of drug-likeness (QED) is 0.392. The minimum absolute atomic E-state index is 0. The van der Waals surface area contributed by atoms with E-state index in [-0.39, 0.29) is 51.4 Å². The summed E-state index contributed by atoms with van der Waals surface area (Å²) in [4.78, 5) is 0. The van der Waals surface area contributed by atoms with Gasteiger partial charge in [0, 0.05) is 0 Å². The minimum atomic E-state index is -6.00. The molecule has 0 aromatic rings. The van der Waals surface area contributed by atoms with Gasteiger partial charge < -0.3 is 51.8 Å². The summed E-state index contributed by atoms with van der Waals surface area (Å²) in [6.45, 7) is 4.00. The van der Waals surface area contributed by atoms with E-state index in [1.165, 1.54) is 19.3 Å². The van der Waals surface area contributed by atoms with Crippen molar-refractivity contribution in [2.24, 2.45) is 0 Å². The van der Waals surface area contributed by atoms with Crippen LogP contribution in [-0.4, -0.2) is 73.1 Å². The molecule has 0 saturated heterocycles. The second-order valence-corrected chi connectivity index (χ2v) is 2.55. The molecule has 1 fully saturated rings. The van der Waals surface area contributed by atoms with Gasteiger partial charge in [-0.3, -0.25) is 0 Å². The van der Waals surface area contributed by atoms with E-state index in [4.69, 9.17) is 0 Å². The molecule has 0 amide bonds. The SMILES string of the molecule is C1CC1.CC.F[B-](F)(F)F.F[B-](F)(F)F.F[B-](F)(F)F.[KH]. The first-order valence-electron chi connectivity index (χ1n) is 5.12. The molecule has 0 aromatic carbocycles. The van der Waals surface area contributed by atoms with Crippen LogP contribution < -0.4 is 0 Å². The van der Waals surface area contributed by atoms with Gasteiger partial charge >= 0.3 is 73.1 Å². The first-order chi connectivity index (χ1) is 8.50. The molecule has 21 heavy (non-hydrogen) atoms. The van der Waals surface area contributed by atoms with E-state index < -0.39 is 21.8 Å². The standard InChI is InChI=1S/C3H6.C2H6.3BF4.K.H/c1-2-3-1;1-2;3*2-1(3,4)5;;/h1-3H2;1-2H3;;;;;/q;;3*-1;;. The Kier molecular flexibility index (Phi) is 27.7. The van der Waals surface area contributed by atoms with Gasteiger partial charge in [0.15, 0.2) is 0 Å². The molecule has 0 bridgehead atoms. The van der Waals surface area contributed by atoms with E-state index >= 15 is 0 Å². The Balaban J connectivity index is -0.0000000517. The Bertz CT molecular complexity index is 138. The van der Waals surface area contributed by atoms with E-state index in [1.807, 2.05) is 13.8 Å². The van der Waals surface area contributed by atoms with Crippen LogP contribution >= 0.6 is 0 Å². The van der Waals surface area contributed by atoms with Crippen LogP contribution in [0.2, 0.25) is 0 Å². The summed E-state index contributed by atoms with van der Waals surface area (Å²) in [6, 6.07) is 0. The Morgan fingerprint density at radius 2 is 0.476 bits per heavy atom. The fraction of sp³-hybridized carbons (Fsp3) is 1.00. The molecule has 0 unspecified atom stereocenters. The molecule has 0 atom stereocenters. The Hall–Kier alpha value is 0.991. The second kappa shape index (κ2) is 17.3. The average molecular weight is 373 g/mol. The summed E-state index contributed by atoms with van der Waals surface area (Å²) in [5.41, 5.74) is 0. The molecule has 0 aromatic heterocycles. The third-order valence-corrected chi connectivity index (χ3v) is 0.354. The number of rotatable bonds is 0. The van der Waals surface area contributed by atoms with Crippen molar-refractivity contribution in [3.05, 3.63) is 0 Å². The Morgan fingerprint density at radius 3 is 0.476 bits per heavy atom. The molecule has 1 rings (SSSR count). The van der Waals surface area contributed by atoms with Crippen molar-refractivity contribution < 1.29 is 51.8 Å². The first-order valence-corrected chi connectivity index (χ1v) is 5.12. The van der Waals surface area contributed by atoms with Gasteiger partial charge in [0.2, 0.25) is 0 Å². The van der Waals surface area contributed by atoms with E-state index in [9.17, 15) is 51.8 Å². The average Bonchev–Trinajstić information content (AvgIpc) is 2.80. The fourth-order valence-corrected chi connectivity index (χ4v) is 0. The number of hydrogen-bond acceptors (Lipinski definition) is 0. The first kappa shape index (κ1) is 33.6. The fourth-order valence-electron chi connectivity index (χ4n) is 0. The van der Waals surface area contributed by atoms with Crippen molar-refractivity contribution in [2.45, 2.75) is 33.1 Å². The molecule has 0 aliphatic heterocycles. The monoisotopic (exact) mass is 373 g/mol. The van der Waals surface area contributed by atoms with Crippen molar-refractivity contribution in [3.63, 3.8) is 0 Å². The van der Waals surface area contributed by atoms with Crippen LogP contribution in [0.1, 0.15) is 33.1 Å². The van der Waals surface area contributed by atoms with Crippen LogP contribution in [0, 0.1) is 0 Å². The van der Waals surface area contributed by atoms with Crippen LogP contribution in [-0.2, 0) is 0 Å². The summed E-state index contributed by atoms with van der Waals surface area (Å²) in [7, 11) is -18.0. The van der Waals surface area contributed by atoms with Crippen molar-refractivity contribution in [2.75, 3.05) is 0 Å². The summed E-state index contributed by atoms with van der Waals surface area (Å²) in [6.07, 6.45) is 4.50. The Labute approximate surface area is 157 Å². The van der Waals surface area contributed by atoms with E-state index in [0.29, 0.717) is 0 Å². The van der Waals surface area contributed by atoms with E-state index in [2.05, 4.69) is 0 Å². The molecule has 0 spiro atoms. The molecule has 130 valence electrons. The summed E-state index contributed by atoms with van der Waals surface area (Å²) in [5, 5.41) is 0. The summed E-state index contributed by atoms with van der Waals surface area (Å²) >= 11 is 0. The maximum atomic E-state index is 9.75. The Morgan fingerprint density at radius 1 is 0.429 bits per heavy atom. The number of hydrogen-bond donors (Lipinski definition) is 0. The molecule has 16 heteroatoms. The van der Waals surface area contributed by atoms with Crippen LogP contribution in [0.15, 0.2) is 0 Å². The molecule has 0 heterocycles. The normalized spacial score (nSPS) is 12.3. The maximum absolute atomic E-state index is 9.75. The van der Waals surface area contributed by atoms with Crippen molar-refractivity contribution in [3.8, 4) is 0 Å². The number of halogens is 12. The van der Waals surface area contributed by atoms with E-state index in [1.54, 1.807) is 0 Å². The molecular weight excluding hydrogens is 360 g/mol. The van der Waals surface area contributed by atoms with Gasteiger partial charge in [-0.15, -0.1) is 0 Å². The zero-order valence-electron chi connectivity index (χ0n) is 10.4. The molecule has 0 nitrogen and oxygen atoms in total. The molecule has 1 saturated carbocycles. The van der Waals surface area contributed by atoms with Gasteiger partial charge in [-0.05, 0) is 0 Å². The van der Waals surface area contributed by atoms with Crippen molar-refractivity contribution >= 4 is 73.1 Å². The van der Waals surface area contributed by atoms with Gasteiger partial charge in [0.05, 0.1) is 0 Å². The van der Waals surface area contributed by atoms with Gasteiger partial charge in [-0.2, -0.15) is 0 Å². The van der Waals surface area contributed by atoms with Crippen LogP contribution in [0.25, 0.3) is 0 Å². The molecule has 0 radical (unpaired) electrons. The van der Waals surface area contributed by atoms with Crippen LogP contribution in [0.4, 0.5) is 51.8 Å². The predicted octanol–water partition coefficient (Wildman–Crippen LogP) is 5.45. The summed E-state index contributed by atoms with van der Waals surface area (Å²) < 4.78 is 117. The van der Waals surface area contributed by atoms with E-state index in [0.717, 1.165) is 0 Å². The third-order valence-electron chi connectivity index (χ3n) is 0.354. The van der Waals surface area contributed by atoms with Gasteiger partial charge in [0.1, 0.15) is 0 Å². The third kappa shape index (κ3) is 1910. The van der Waals surface area contributed by atoms with Crippen LogP contribution in [0.3, 0.4) is 0 Å². The van der Waals surface area contributed by atoms with Crippen LogP contribution in [0.5, 0.6) is 0 Å². The second-order valence-electron chi connectivity index (χ2n) is 2.55.